The van der Waals surface area contributed by atoms with Gasteiger partial charge in [0, 0.05) is 30.6 Å². The van der Waals surface area contributed by atoms with E-state index in [2.05, 4.69) is 15.3 Å². The largest absolute Gasteiger partial charge is 0.425 e. The van der Waals surface area contributed by atoms with Crippen molar-refractivity contribution in [2.24, 2.45) is 4.99 Å². The number of benzene rings is 2. The van der Waals surface area contributed by atoms with Gasteiger partial charge in [-0.1, -0.05) is 42.5 Å². The molecule has 2 aromatic carbocycles. The molecule has 38 heavy (non-hydrogen) atoms. The highest BCUT2D eigenvalue weighted by molar-refractivity contribution is 6.47. The summed E-state index contributed by atoms with van der Waals surface area (Å²) in [4.78, 5) is 50.3. The van der Waals surface area contributed by atoms with Crippen molar-refractivity contribution in [3.8, 4) is 5.75 Å². The van der Waals surface area contributed by atoms with Crippen LogP contribution in [0.2, 0.25) is 0 Å². The van der Waals surface area contributed by atoms with E-state index in [9.17, 15) is 14.4 Å². The highest BCUT2D eigenvalue weighted by Crippen LogP contribution is 2.40. The molecule has 0 radical (unpaired) electrons. The maximum absolute atomic E-state index is 13.2. The van der Waals surface area contributed by atoms with Crippen molar-refractivity contribution >= 4 is 40.4 Å². The molecule has 0 saturated heterocycles. The third-order valence-corrected chi connectivity index (χ3v) is 6.89. The second-order valence-corrected chi connectivity index (χ2v) is 9.06. The Morgan fingerprint density at radius 3 is 2.63 bits per heavy atom. The Morgan fingerprint density at radius 1 is 0.947 bits per heavy atom. The third-order valence-electron chi connectivity index (χ3n) is 6.89. The second kappa shape index (κ2) is 8.38. The lowest BCUT2D eigenvalue weighted by atomic mass is 9.94. The SMILES string of the molecule is O=C1NC(=O)C(c2cnc3ccccn23)=C1C1=NC=CN2c3c(cccc31)CC2C(=O)Oc1ccccc1. The van der Waals surface area contributed by atoms with E-state index < -0.39 is 23.8 Å². The molecule has 1 N–H and O–H groups in total. The number of anilines is 1. The smallest absolute Gasteiger partial charge is 0.334 e. The number of aliphatic imine (C=N–C) groups is 1. The zero-order valence-electron chi connectivity index (χ0n) is 19.9. The Bertz CT molecular complexity index is 1770. The number of fused-ring (bicyclic) bond motifs is 1. The van der Waals surface area contributed by atoms with Crippen LogP contribution in [0.4, 0.5) is 5.69 Å². The van der Waals surface area contributed by atoms with Gasteiger partial charge in [0.25, 0.3) is 11.8 Å². The van der Waals surface area contributed by atoms with Gasteiger partial charge in [0.1, 0.15) is 17.4 Å². The lowest BCUT2D eigenvalue weighted by Crippen LogP contribution is -2.38. The lowest BCUT2D eigenvalue weighted by Gasteiger charge is -2.23. The lowest BCUT2D eigenvalue weighted by molar-refractivity contribution is -0.135. The summed E-state index contributed by atoms with van der Waals surface area (Å²) in [5.74, 6) is -0.980. The molecule has 3 aliphatic rings. The fraction of sp³-hybridized carbons (Fsp3) is 0.0690. The molecule has 7 rings (SSSR count). The zero-order valence-corrected chi connectivity index (χ0v) is 19.9. The van der Waals surface area contributed by atoms with Crippen LogP contribution in [-0.4, -0.2) is 38.9 Å². The van der Waals surface area contributed by atoms with Gasteiger partial charge in [-0.05, 0) is 29.8 Å². The first-order chi connectivity index (χ1) is 18.6. The van der Waals surface area contributed by atoms with Gasteiger partial charge in [-0.3, -0.25) is 24.3 Å². The number of nitrogens with one attached hydrogen (secondary N) is 1. The molecule has 4 aromatic rings. The summed E-state index contributed by atoms with van der Waals surface area (Å²) in [6.07, 6.45) is 7.05. The number of hydrogen-bond acceptors (Lipinski definition) is 7. The molecule has 184 valence electrons. The summed E-state index contributed by atoms with van der Waals surface area (Å²) < 4.78 is 7.41. The Balaban J connectivity index is 1.34. The number of imidazole rings is 1. The minimum atomic E-state index is -0.608. The van der Waals surface area contributed by atoms with E-state index in [-0.39, 0.29) is 11.1 Å². The number of para-hydroxylation sites is 2. The van der Waals surface area contributed by atoms with Crippen molar-refractivity contribution < 1.29 is 19.1 Å². The number of hydrogen-bond donors (Lipinski definition) is 1. The summed E-state index contributed by atoms with van der Waals surface area (Å²) in [5.41, 5.74) is 4.17. The van der Waals surface area contributed by atoms with Gasteiger partial charge in [-0.25, -0.2) is 9.78 Å². The molecule has 0 spiro atoms. The molecular formula is C29H19N5O4. The highest BCUT2D eigenvalue weighted by atomic mass is 16.5. The molecule has 0 aliphatic carbocycles. The third kappa shape index (κ3) is 3.29. The molecule has 2 amide bonds. The fourth-order valence-corrected chi connectivity index (χ4v) is 5.25. The van der Waals surface area contributed by atoms with Gasteiger partial charge in [0.05, 0.1) is 34.4 Å². The molecule has 3 aliphatic heterocycles. The molecule has 9 heteroatoms. The average molecular weight is 502 g/mol. The number of esters is 1. The minimum absolute atomic E-state index is 0.163. The number of ether oxygens (including phenoxy) is 1. The maximum atomic E-state index is 13.2. The predicted octanol–water partition coefficient (Wildman–Crippen LogP) is 3.06. The van der Waals surface area contributed by atoms with Crippen LogP contribution in [0.15, 0.2) is 102 Å². The topological polar surface area (TPSA) is 105 Å². The van der Waals surface area contributed by atoms with Crippen molar-refractivity contribution in [3.05, 3.63) is 114 Å². The molecule has 0 saturated carbocycles. The van der Waals surface area contributed by atoms with Crippen LogP contribution < -0.4 is 15.0 Å². The van der Waals surface area contributed by atoms with Gasteiger partial charge < -0.3 is 9.64 Å². The first kappa shape index (κ1) is 21.9. The highest BCUT2D eigenvalue weighted by Gasteiger charge is 2.41. The molecular weight excluding hydrogens is 482 g/mol. The molecule has 0 bridgehead atoms. The van der Waals surface area contributed by atoms with E-state index in [4.69, 9.17) is 4.74 Å². The Morgan fingerprint density at radius 2 is 1.76 bits per heavy atom. The van der Waals surface area contributed by atoms with Crippen LogP contribution in [0, 0.1) is 0 Å². The Labute approximate surface area is 216 Å². The standard InChI is InChI=1S/C29H19N5O4/c35-27-23(21-16-31-22-11-4-5-13-33(21)22)24(28(36)32-27)25-19-10-6-7-17-15-20(34(26(17)19)14-12-30-25)29(37)38-18-8-2-1-3-9-18/h1-14,16,20H,15H2,(H,32,35,36). The summed E-state index contributed by atoms with van der Waals surface area (Å²) in [7, 11) is 0. The summed E-state index contributed by atoms with van der Waals surface area (Å²) in [6.45, 7) is 0. The van der Waals surface area contributed by atoms with Crippen LogP contribution in [0.5, 0.6) is 5.75 Å². The van der Waals surface area contributed by atoms with Gasteiger partial charge >= 0.3 is 5.97 Å². The molecule has 1 atom stereocenters. The number of nitrogens with zero attached hydrogens (tertiary/aromatic N) is 4. The number of carbonyl (C=O) groups is 3. The molecule has 2 aromatic heterocycles. The number of rotatable bonds is 4. The van der Waals surface area contributed by atoms with Gasteiger partial charge in [0.2, 0.25) is 0 Å². The molecule has 1 unspecified atom stereocenters. The van der Waals surface area contributed by atoms with Crippen molar-refractivity contribution in [2.45, 2.75) is 12.5 Å². The van der Waals surface area contributed by atoms with Gasteiger partial charge in [-0.2, -0.15) is 0 Å². The maximum Gasteiger partial charge on any atom is 0.334 e. The van der Waals surface area contributed by atoms with Crippen molar-refractivity contribution in [3.63, 3.8) is 0 Å². The first-order valence-corrected chi connectivity index (χ1v) is 12.0. The van der Waals surface area contributed by atoms with Crippen LogP contribution in [-0.2, 0) is 20.8 Å². The van der Waals surface area contributed by atoms with E-state index in [0.29, 0.717) is 34.8 Å². The fourth-order valence-electron chi connectivity index (χ4n) is 5.25. The second-order valence-electron chi connectivity index (χ2n) is 9.06. The Kier molecular flexibility index (Phi) is 4.83. The predicted molar refractivity (Wildman–Crippen MR) is 139 cm³/mol. The van der Waals surface area contributed by atoms with Crippen LogP contribution in [0.25, 0.3) is 11.2 Å². The van der Waals surface area contributed by atoms with Gasteiger partial charge in [0.15, 0.2) is 0 Å². The van der Waals surface area contributed by atoms with E-state index in [0.717, 1.165) is 11.3 Å². The Hall–Kier alpha value is -5.31. The number of pyridine rings is 1. The number of carbonyl (C=O) groups excluding carboxylic acids is 3. The quantitative estimate of drug-likeness (QED) is 0.262. The average Bonchev–Trinajstić information content (AvgIpc) is 3.56. The molecule has 0 fully saturated rings. The number of aromatic nitrogens is 2. The van der Waals surface area contributed by atoms with Crippen LogP contribution >= 0.6 is 0 Å². The van der Waals surface area contributed by atoms with Crippen molar-refractivity contribution in [1.29, 1.82) is 0 Å². The van der Waals surface area contributed by atoms with Crippen molar-refractivity contribution in [1.82, 2.24) is 14.7 Å². The normalized spacial score (nSPS) is 17.9. The van der Waals surface area contributed by atoms with E-state index in [1.165, 1.54) is 0 Å². The van der Waals surface area contributed by atoms with E-state index in [1.807, 2.05) is 47.4 Å². The van der Waals surface area contributed by atoms with Crippen molar-refractivity contribution in [2.75, 3.05) is 4.90 Å². The van der Waals surface area contributed by atoms with Crippen LogP contribution in [0.3, 0.4) is 0 Å². The molecule has 9 nitrogen and oxygen atoms in total. The zero-order chi connectivity index (χ0) is 25.8. The molecule has 5 heterocycles. The monoisotopic (exact) mass is 501 g/mol. The number of amides is 2. The summed E-state index contributed by atoms with van der Waals surface area (Å²) in [6, 6.07) is 19.5. The first-order valence-electron chi connectivity index (χ1n) is 12.0. The number of imide groups is 1. The van der Waals surface area contributed by atoms with Crippen LogP contribution in [0.1, 0.15) is 16.8 Å². The summed E-state index contributed by atoms with van der Waals surface area (Å²) in [5, 5.41) is 2.43. The van der Waals surface area contributed by atoms with Gasteiger partial charge in [-0.15, -0.1) is 0 Å². The minimum Gasteiger partial charge on any atom is -0.425 e. The summed E-state index contributed by atoms with van der Waals surface area (Å²) >= 11 is 0. The van der Waals surface area contributed by atoms with E-state index in [1.54, 1.807) is 53.5 Å². The van der Waals surface area contributed by atoms with E-state index >= 15 is 0 Å².